The first kappa shape index (κ1) is 11.1. The van der Waals surface area contributed by atoms with Crippen LogP contribution in [0.2, 0.25) is 0 Å². The summed E-state index contributed by atoms with van der Waals surface area (Å²) in [5, 5.41) is 16.5. The van der Waals surface area contributed by atoms with Gasteiger partial charge < -0.3 is 10.4 Å². The molecule has 0 aromatic rings. The zero-order chi connectivity index (χ0) is 10.8. The molecule has 2 rings (SSSR count). The predicted octanol–water partition coefficient (Wildman–Crippen LogP) is 2.54. The number of alkyl halides is 1. The second-order valence-corrected chi connectivity index (χ2v) is 4.72. The minimum Gasteiger partial charge on any atom is -0.512 e. The molecule has 2 unspecified atom stereocenters. The fraction of sp³-hybridized carbons (Fsp3) is 0.600. The van der Waals surface area contributed by atoms with E-state index in [2.05, 4.69) is 10.6 Å². The lowest BCUT2D eigenvalue weighted by atomic mass is 9.95. The Morgan fingerprint density at radius 3 is 2.73 bits per heavy atom. The molecule has 15 heavy (non-hydrogen) atoms. The highest BCUT2D eigenvalue weighted by Gasteiger charge is 2.25. The minimum atomic E-state index is -0.286. The highest BCUT2D eigenvalue weighted by Crippen LogP contribution is 2.26. The molecule has 0 bridgehead atoms. The van der Waals surface area contributed by atoms with Crippen LogP contribution < -0.4 is 10.6 Å². The van der Waals surface area contributed by atoms with Gasteiger partial charge in [-0.1, -0.05) is 11.6 Å². The molecule has 2 aliphatic rings. The fourth-order valence-corrected chi connectivity index (χ4v) is 2.53. The van der Waals surface area contributed by atoms with Crippen LogP contribution in [0.5, 0.6) is 0 Å². The summed E-state index contributed by atoms with van der Waals surface area (Å²) >= 11 is 11.9. The van der Waals surface area contributed by atoms with E-state index in [0.717, 1.165) is 31.3 Å². The van der Waals surface area contributed by atoms with Crippen molar-refractivity contribution in [3.63, 3.8) is 0 Å². The van der Waals surface area contributed by atoms with Crippen molar-refractivity contribution in [3.8, 4) is 0 Å². The Hall–Kier alpha value is -0.380. The quantitative estimate of drug-likeness (QED) is 0.494. The van der Waals surface area contributed by atoms with Crippen LogP contribution >= 0.6 is 23.2 Å². The lowest BCUT2D eigenvalue weighted by Crippen LogP contribution is -2.49. The van der Waals surface area contributed by atoms with Gasteiger partial charge in [0.15, 0.2) is 0 Å². The Morgan fingerprint density at radius 2 is 2.07 bits per heavy atom. The first-order valence-corrected chi connectivity index (χ1v) is 5.93. The van der Waals surface area contributed by atoms with Crippen molar-refractivity contribution in [3.05, 3.63) is 22.6 Å². The molecule has 3 nitrogen and oxygen atoms in total. The molecule has 0 fully saturated rings. The summed E-state index contributed by atoms with van der Waals surface area (Å²) in [5.74, 6) is 0.474. The van der Waals surface area contributed by atoms with Crippen LogP contribution in [0.15, 0.2) is 22.6 Å². The number of aliphatic hydroxyl groups excluding tert-OH is 1. The van der Waals surface area contributed by atoms with Crippen LogP contribution in [-0.2, 0) is 0 Å². The molecule has 0 spiro atoms. The van der Waals surface area contributed by atoms with Crippen molar-refractivity contribution < 1.29 is 5.11 Å². The van der Waals surface area contributed by atoms with Gasteiger partial charge in [-0.2, -0.15) is 0 Å². The standard InChI is InChI=1S/C10H14Cl2N2O/c11-8-5-9(12)14-10(13-8)6-3-1-2-4-7(6)15/h5,8,10,13-15H,1-4H2. The number of hydrogen-bond donors (Lipinski definition) is 3. The molecule has 0 radical (unpaired) electrons. The third-order valence-electron chi connectivity index (χ3n) is 2.73. The van der Waals surface area contributed by atoms with Crippen LogP contribution in [0.4, 0.5) is 0 Å². The van der Waals surface area contributed by atoms with E-state index < -0.39 is 0 Å². The van der Waals surface area contributed by atoms with Gasteiger partial charge in [0.05, 0.1) is 5.76 Å². The summed E-state index contributed by atoms with van der Waals surface area (Å²) in [6, 6.07) is 0. The van der Waals surface area contributed by atoms with Gasteiger partial charge >= 0.3 is 0 Å². The zero-order valence-corrected chi connectivity index (χ0v) is 9.78. The summed E-state index contributed by atoms with van der Waals surface area (Å²) < 4.78 is 0. The molecule has 5 heteroatoms. The molecule has 0 saturated carbocycles. The minimum absolute atomic E-state index is 0.134. The second kappa shape index (κ2) is 4.64. The molecular weight excluding hydrogens is 235 g/mol. The zero-order valence-electron chi connectivity index (χ0n) is 8.26. The first-order valence-electron chi connectivity index (χ1n) is 5.11. The Labute approximate surface area is 99.1 Å². The Balaban J connectivity index is 2.14. The molecule has 84 valence electrons. The van der Waals surface area contributed by atoms with E-state index in [9.17, 15) is 5.11 Å². The number of hydrogen-bond acceptors (Lipinski definition) is 3. The molecule has 0 aromatic heterocycles. The summed E-state index contributed by atoms with van der Waals surface area (Å²) in [4.78, 5) is 0. The molecule has 1 aliphatic carbocycles. The summed E-state index contributed by atoms with van der Waals surface area (Å²) in [7, 11) is 0. The van der Waals surface area contributed by atoms with E-state index >= 15 is 0 Å². The highest BCUT2D eigenvalue weighted by molar-refractivity contribution is 6.30. The van der Waals surface area contributed by atoms with E-state index in [0.29, 0.717) is 10.9 Å². The Kier molecular flexibility index (Phi) is 3.44. The molecule has 1 aliphatic heterocycles. The van der Waals surface area contributed by atoms with Crippen molar-refractivity contribution in [2.24, 2.45) is 0 Å². The van der Waals surface area contributed by atoms with Gasteiger partial charge in [-0.15, -0.1) is 11.6 Å². The molecule has 0 amide bonds. The number of aliphatic hydroxyl groups is 1. The maximum Gasteiger partial charge on any atom is 0.106 e. The lowest BCUT2D eigenvalue weighted by Gasteiger charge is -2.31. The van der Waals surface area contributed by atoms with E-state index in [4.69, 9.17) is 23.2 Å². The monoisotopic (exact) mass is 248 g/mol. The Bertz CT molecular complexity index is 315. The molecular formula is C10H14Cl2N2O. The van der Waals surface area contributed by atoms with Gasteiger partial charge in [0.25, 0.3) is 0 Å². The smallest absolute Gasteiger partial charge is 0.106 e. The van der Waals surface area contributed by atoms with Gasteiger partial charge in [0.2, 0.25) is 0 Å². The summed E-state index contributed by atoms with van der Waals surface area (Å²) in [6.45, 7) is 0. The maximum absolute atomic E-state index is 9.79. The SMILES string of the molecule is OC1=C(C2NC(Cl)=CC(Cl)N2)CCCC1. The highest BCUT2D eigenvalue weighted by atomic mass is 35.5. The molecule has 0 aromatic carbocycles. The Morgan fingerprint density at radius 1 is 1.33 bits per heavy atom. The third-order valence-corrected chi connectivity index (χ3v) is 3.22. The molecule has 1 heterocycles. The number of rotatable bonds is 1. The summed E-state index contributed by atoms with van der Waals surface area (Å²) in [6.07, 6.45) is 5.36. The van der Waals surface area contributed by atoms with E-state index in [-0.39, 0.29) is 11.7 Å². The normalized spacial score (nSPS) is 32.3. The number of halogens is 2. The van der Waals surface area contributed by atoms with E-state index in [1.165, 1.54) is 0 Å². The van der Waals surface area contributed by atoms with Gasteiger partial charge in [-0.25, -0.2) is 0 Å². The van der Waals surface area contributed by atoms with Crippen LogP contribution in [-0.4, -0.2) is 16.8 Å². The second-order valence-electron chi connectivity index (χ2n) is 3.84. The van der Waals surface area contributed by atoms with Gasteiger partial charge in [-0.3, -0.25) is 5.32 Å². The largest absolute Gasteiger partial charge is 0.512 e. The van der Waals surface area contributed by atoms with Crippen molar-refractivity contribution >= 4 is 23.2 Å². The number of allylic oxidation sites excluding steroid dienone is 1. The van der Waals surface area contributed by atoms with Crippen LogP contribution in [0.25, 0.3) is 0 Å². The summed E-state index contributed by atoms with van der Waals surface area (Å²) in [5.41, 5.74) is 0.698. The average molecular weight is 249 g/mol. The van der Waals surface area contributed by atoms with Crippen molar-refractivity contribution in [1.82, 2.24) is 10.6 Å². The van der Waals surface area contributed by atoms with Crippen molar-refractivity contribution in [2.45, 2.75) is 37.4 Å². The lowest BCUT2D eigenvalue weighted by molar-refractivity contribution is 0.338. The predicted molar refractivity (Wildman–Crippen MR) is 61.8 cm³/mol. The van der Waals surface area contributed by atoms with Crippen molar-refractivity contribution in [2.75, 3.05) is 0 Å². The fourth-order valence-electron chi connectivity index (χ4n) is 1.97. The van der Waals surface area contributed by atoms with Crippen molar-refractivity contribution in [1.29, 1.82) is 0 Å². The third kappa shape index (κ3) is 2.60. The van der Waals surface area contributed by atoms with E-state index in [1.54, 1.807) is 6.08 Å². The van der Waals surface area contributed by atoms with Crippen LogP contribution in [0.3, 0.4) is 0 Å². The average Bonchev–Trinajstić information content (AvgIpc) is 2.16. The van der Waals surface area contributed by atoms with Crippen LogP contribution in [0.1, 0.15) is 25.7 Å². The van der Waals surface area contributed by atoms with Gasteiger partial charge in [0, 0.05) is 12.0 Å². The molecule has 3 N–H and O–H groups in total. The number of nitrogens with one attached hydrogen (secondary N) is 2. The van der Waals surface area contributed by atoms with Gasteiger partial charge in [0.1, 0.15) is 16.8 Å². The topological polar surface area (TPSA) is 44.3 Å². The van der Waals surface area contributed by atoms with Crippen LogP contribution in [0, 0.1) is 0 Å². The molecule has 2 atom stereocenters. The maximum atomic E-state index is 9.79. The van der Waals surface area contributed by atoms with E-state index in [1.807, 2.05) is 0 Å². The molecule has 0 saturated heterocycles. The van der Waals surface area contributed by atoms with Gasteiger partial charge in [-0.05, 0) is 25.3 Å². The first-order chi connectivity index (χ1) is 7.16.